The number of piperazine rings is 1. The Balaban J connectivity index is 1.22. The summed E-state index contributed by atoms with van der Waals surface area (Å²) >= 11 is 1.59. The van der Waals surface area contributed by atoms with Gasteiger partial charge in [0.2, 0.25) is 5.95 Å². The lowest BCUT2D eigenvalue weighted by atomic mass is 10.2. The molecule has 1 saturated heterocycles. The number of anilines is 1. The fraction of sp³-hybridized carbons (Fsp3) is 0.217. The smallest absolute Gasteiger partial charge is 0.331 e. The van der Waals surface area contributed by atoms with Gasteiger partial charge in [0.1, 0.15) is 0 Å². The van der Waals surface area contributed by atoms with E-state index in [9.17, 15) is 9.59 Å². The van der Waals surface area contributed by atoms with Crippen LogP contribution in [0.5, 0.6) is 0 Å². The van der Waals surface area contributed by atoms with Gasteiger partial charge >= 0.3 is 5.97 Å². The largest absolute Gasteiger partial charge is 0.452 e. The zero-order valence-corrected chi connectivity index (χ0v) is 17.7. The van der Waals surface area contributed by atoms with Crippen LogP contribution in [0.15, 0.2) is 67.0 Å². The van der Waals surface area contributed by atoms with E-state index in [-0.39, 0.29) is 12.5 Å². The van der Waals surface area contributed by atoms with Gasteiger partial charge in [-0.05, 0) is 29.8 Å². The maximum atomic E-state index is 12.4. The predicted octanol–water partition coefficient (Wildman–Crippen LogP) is 3.11. The van der Waals surface area contributed by atoms with Crippen molar-refractivity contribution >= 4 is 35.2 Å². The number of carbonyl (C=O) groups excluding carboxylic acids is 2. The first-order valence-electron chi connectivity index (χ1n) is 9.99. The molecule has 7 nitrogen and oxygen atoms in total. The standard InChI is InChI=1S/C23H22N4O3S/c28-21(26-13-15-27(16-14-26)23-24-11-4-12-25-23)17-30-22(29)10-8-19-7-9-20(31-19)18-5-2-1-3-6-18/h1-12H,13-17H2/b10-8+. The maximum absolute atomic E-state index is 12.4. The van der Waals surface area contributed by atoms with Crippen molar-refractivity contribution in [1.82, 2.24) is 14.9 Å². The third kappa shape index (κ3) is 5.55. The van der Waals surface area contributed by atoms with E-state index in [1.54, 1.807) is 40.8 Å². The number of thiophene rings is 1. The summed E-state index contributed by atoms with van der Waals surface area (Å²) in [7, 11) is 0. The van der Waals surface area contributed by atoms with Crippen LogP contribution < -0.4 is 4.90 Å². The van der Waals surface area contributed by atoms with Crippen molar-refractivity contribution < 1.29 is 14.3 Å². The summed E-state index contributed by atoms with van der Waals surface area (Å²) in [5.41, 5.74) is 1.14. The van der Waals surface area contributed by atoms with Crippen LogP contribution in [0, 0.1) is 0 Å². The van der Waals surface area contributed by atoms with E-state index in [0.29, 0.717) is 32.1 Å². The number of hydrogen-bond acceptors (Lipinski definition) is 7. The first-order chi connectivity index (χ1) is 15.2. The highest BCUT2D eigenvalue weighted by Crippen LogP contribution is 2.28. The van der Waals surface area contributed by atoms with Gasteiger partial charge in [-0.3, -0.25) is 4.79 Å². The van der Waals surface area contributed by atoms with E-state index in [4.69, 9.17) is 4.74 Å². The molecule has 1 aliphatic heterocycles. The number of amides is 1. The van der Waals surface area contributed by atoms with Gasteiger partial charge in [0.05, 0.1) is 0 Å². The molecule has 2 aromatic heterocycles. The zero-order chi connectivity index (χ0) is 21.5. The molecule has 158 valence electrons. The summed E-state index contributed by atoms with van der Waals surface area (Å²) in [5, 5.41) is 0. The van der Waals surface area contributed by atoms with Gasteiger partial charge in [0.25, 0.3) is 5.91 Å². The minimum atomic E-state index is -0.528. The Morgan fingerprint density at radius 1 is 0.968 bits per heavy atom. The van der Waals surface area contributed by atoms with Crippen LogP contribution in [0.1, 0.15) is 4.88 Å². The van der Waals surface area contributed by atoms with Crippen LogP contribution in [0.2, 0.25) is 0 Å². The highest BCUT2D eigenvalue weighted by atomic mass is 32.1. The predicted molar refractivity (Wildman–Crippen MR) is 121 cm³/mol. The van der Waals surface area contributed by atoms with Crippen molar-refractivity contribution in [2.75, 3.05) is 37.7 Å². The Hall–Kier alpha value is -3.52. The third-order valence-electron chi connectivity index (χ3n) is 4.87. The quantitative estimate of drug-likeness (QED) is 0.438. The zero-order valence-electron chi connectivity index (χ0n) is 16.9. The topological polar surface area (TPSA) is 75.6 Å². The van der Waals surface area contributed by atoms with Crippen LogP contribution in [0.25, 0.3) is 16.5 Å². The number of esters is 1. The van der Waals surface area contributed by atoms with E-state index in [1.807, 2.05) is 47.4 Å². The van der Waals surface area contributed by atoms with Gasteiger partial charge < -0.3 is 14.5 Å². The van der Waals surface area contributed by atoms with E-state index in [0.717, 1.165) is 15.3 Å². The van der Waals surface area contributed by atoms with Gasteiger partial charge in [-0.15, -0.1) is 11.3 Å². The van der Waals surface area contributed by atoms with Crippen LogP contribution in [-0.4, -0.2) is 59.5 Å². The lowest BCUT2D eigenvalue weighted by molar-refractivity contribution is -0.148. The number of rotatable bonds is 6. The van der Waals surface area contributed by atoms with Gasteiger partial charge in [-0.1, -0.05) is 30.3 Å². The number of benzene rings is 1. The highest BCUT2D eigenvalue weighted by molar-refractivity contribution is 7.16. The molecule has 1 aliphatic rings. The second-order valence-electron chi connectivity index (χ2n) is 6.93. The molecule has 8 heteroatoms. The molecule has 1 amide bonds. The van der Waals surface area contributed by atoms with Crippen LogP contribution >= 0.6 is 11.3 Å². The summed E-state index contributed by atoms with van der Waals surface area (Å²) in [6.45, 7) is 2.12. The average molecular weight is 435 g/mol. The fourth-order valence-electron chi connectivity index (χ4n) is 3.23. The minimum Gasteiger partial charge on any atom is -0.452 e. The normalized spacial score (nSPS) is 14.1. The summed E-state index contributed by atoms with van der Waals surface area (Å²) in [6.07, 6.45) is 6.47. The molecular formula is C23H22N4O3S. The number of nitrogens with zero attached hydrogens (tertiary/aromatic N) is 4. The highest BCUT2D eigenvalue weighted by Gasteiger charge is 2.23. The van der Waals surface area contributed by atoms with E-state index < -0.39 is 5.97 Å². The second kappa shape index (κ2) is 9.99. The molecule has 0 saturated carbocycles. The molecule has 0 aliphatic carbocycles. The molecule has 3 heterocycles. The molecule has 0 spiro atoms. The molecule has 0 N–H and O–H groups in total. The Morgan fingerprint density at radius 2 is 1.71 bits per heavy atom. The van der Waals surface area contributed by atoms with E-state index in [2.05, 4.69) is 9.97 Å². The number of aromatic nitrogens is 2. The number of hydrogen-bond donors (Lipinski definition) is 0. The van der Waals surface area contributed by atoms with Gasteiger partial charge in [-0.2, -0.15) is 0 Å². The van der Waals surface area contributed by atoms with E-state index >= 15 is 0 Å². The molecule has 0 radical (unpaired) electrons. The SMILES string of the molecule is O=C(/C=C/c1ccc(-c2ccccc2)s1)OCC(=O)N1CCN(c2ncccn2)CC1. The van der Waals surface area contributed by atoms with Crippen molar-refractivity contribution in [1.29, 1.82) is 0 Å². The summed E-state index contributed by atoms with van der Waals surface area (Å²) < 4.78 is 5.13. The summed E-state index contributed by atoms with van der Waals surface area (Å²) in [5.74, 6) is -0.0626. The molecule has 1 aromatic carbocycles. The average Bonchev–Trinajstić information content (AvgIpc) is 3.31. The molecular weight excluding hydrogens is 412 g/mol. The molecule has 0 unspecified atom stereocenters. The van der Waals surface area contributed by atoms with Gasteiger partial charge in [-0.25, -0.2) is 14.8 Å². The molecule has 31 heavy (non-hydrogen) atoms. The van der Waals surface area contributed by atoms with Crippen molar-refractivity contribution in [3.8, 4) is 10.4 Å². The van der Waals surface area contributed by atoms with Crippen LogP contribution in [-0.2, 0) is 14.3 Å². The minimum absolute atomic E-state index is 0.196. The van der Waals surface area contributed by atoms with Crippen molar-refractivity contribution in [3.05, 3.63) is 71.9 Å². The Labute approximate surface area is 184 Å². The Kier molecular flexibility index (Phi) is 6.68. The Bertz CT molecular complexity index is 1040. The van der Waals surface area contributed by atoms with Crippen molar-refractivity contribution in [2.24, 2.45) is 0 Å². The van der Waals surface area contributed by atoms with Gasteiger partial charge in [0, 0.05) is 54.4 Å². The molecule has 1 fully saturated rings. The Morgan fingerprint density at radius 3 is 2.45 bits per heavy atom. The van der Waals surface area contributed by atoms with E-state index in [1.165, 1.54) is 6.08 Å². The monoisotopic (exact) mass is 434 g/mol. The maximum Gasteiger partial charge on any atom is 0.331 e. The molecule has 0 bridgehead atoms. The van der Waals surface area contributed by atoms with Crippen LogP contribution in [0.3, 0.4) is 0 Å². The first-order valence-corrected chi connectivity index (χ1v) is 10.8. The lowest BCUT2D eigenvalue weighted by Gasteiger charge is -2.34. The lowest BCUT2D eigenvalue weighted by Crippen LogP contribution is -2.50. The van der Waals surface area contributed by atoms with Gasteiger partial charge in [0.15, 0.2) is 6.61 Å². The summed E-state index contributed by atoms with van der Waals surface area (Å²) in [4.78, 5) is 38.6. The third-order valence-corrected chi connectivity index (χ3v) is 5.97. The molecule has 0 atom stereocenters. The van der Waals surface area contributed by atoms with Crippen LogP contribution in [0.4, 0.5) is 5.95 Å². The summed E-state index contributed by atoms with van der Waals surface area (Å²) in [6, 6.07) is 15.8. The van der Waals surface area contributed by atoms with Crippen molar-refractivity contribution in [2.45, 2.75) is 0 Å². The van der Waals surface area contributed by atoms with Crippen molar-refractivity contribution in [3.63, 3.8) is 0 Å². The number of ether oxygens (including phenoxy) is 1. The first kappa shape index (κ1) is 20.7. The second-order valence-corrected chi connectivity index (χ2v) is 8.04. The number of carbonyl (C=O) groups is 2. The fourth-order valence-corrected chi connectivity index (χ4v) is 4.15. The molecule has 3 aromatic rings. The molecule has 4 rings (SSSR count).